The number of fused-ring (bicyclic) bond motifs is 2. The second-order valence-corrected chi connectivity index (χ2v) is 26.2. The van der Waals surface area contributed by atoms with Crippen molar-refractivity contribution in [1.82, 2.24) is 39.6 Å². The van der Waals surface area contributed by atoms with Crippen LogP contribution in [0.5, 0.6) is 0 Å². The summed E-state index contributed by atoms with van der Waals surface area (Å²) in [6, 6.07) is 13.0. The number of halogens is 4. The van der Waals surface area contributed by atoms with E-state index in [2.05, 4.69) is 26.2 Å². The molecule has 8 rings (SSSR count). The molecule has 99 heavy (non-hydrogen) atoms. The van der Waals surface area contributed by atoms with E-state index in [1.54, 1.807) is 111 Å². The van der Waals surface area contributed by atoms with E-state index < -0.39 is 65.6 Å². The van der Waals surface area contributed by atoms with Gasteiger partial charge in [-0.2, -0.15) is 15.5 Å². The largest absolute Gasteiger partial charge is 0.444 e. The minimum atomic E-state index is -0.740. The van der Waals surface area contributed by atoms with Gasteiger partial charge in [0.15, 0.2) is 18.4 Å². The Balaban J connectivity index is 0.000000349. The predicted molar refractivity (Wildman–Crippen MR) is 369 cm³/mol. The maximum Gasteiger partial charge on any atom is 0.410 e. The molecule has 1 fully saturated rings. The van der Waals surface area contributed by atoms with E-state index in [1.807, 2.05) is 61.5 Å². The molecule has 1 saturated heterocycles. The average molecular weight is 1410 g/mol. The third-order valence-corrected chi connectivity index (χ3v) is 15.3. The number of carbonyl (C=O) groups is 5. The second-order valence-electron chi connectivity index (χ2n) is 26.2. The number of piperidine rings is 1. The first kappa shape index (κ1) is 84.4. The molecular formula is C68H98ClF3N14O13. The molecule has 4 atom stereocenters. The number of aromatic nitrogens is 4. The fourth-order valence-electron chi connectivity index (χ4n) is 10.3. The molecule has 0 saturated carbocycles. The van der Waals surface area contributed by atoms with Gasteiger partial charge in [-0.25, -0.2) is 51.5 Å². The number of nitrogens with two attached hydrogens (primary N) is 2. The van der Waals surface area contributed by atoms with Crippen LogP contribution in [0.15, 0.2) is 53.5 Å². The van der Waals surface area contributed by atoms with Crippen LogP contribution in [0.4, 0.5) is 49.7 Å². The summed E-state index contributed by atoms with van der Waals surface area (Å²) in [6.07, 6.45) is 0.368. The molecule has 0 radical (unpaired) electrons. The summed E-state index contributed by atoms with van der Waals surface area (Å²) in [5, 5.41) is 23.8. The number of ether oxygens (including phenoxy) is 7. The molecule has 5 amide bonds. The van der Waals surface area contributed by atoms with Gasteiger partial charge in [-0.05, 0) is 182 Å². The summed E-state index contributed by atoms with van der Waals surface area (Å²) in [6.45, 7) is 30.1. The number of hydrazine groups is 1. The summed E-state index contributed by atoms with van der Waals surface area (Å²) in [4.78, 5) is 79.1. The molecule has 1 unspecified atom stereocenters. The van der Waals surface area contributed by atoms with Gasteiger partial charge in [-0.15, -0.1) is 12.4 Å². The van der Waals surface area contributed by atoms with E-state index in [0.29, 0.717) is 83.3 Å². The number of hydrogen-bond acceptors (Lipinski definition) is 20. The number of amides is 5. The number of Topliss-reactive ketones (excluding diaryl/α,β-unsaturated/α-hetero) is 1. The third-order valence-electron chi connectivity index (χ3n) is 15.3. The molecule has 0 aliphatic carbocycles. The maximum absolute atomic E-state index is 13.9. The summed E-state index contributed by atoms with van der Waals surface area (Å²) >= 11 is 0. The summed E-state index contributed by atoms with van der Waals surface area (Å²) in [5.74, 6) is 4.40. The van der Waals surface area contributed by atoms with Gasteiger partial charge in [0.2, 0.25) is 6.08 Å². The Morgan fingerprint density at radius 1 is 0.657 bits per heavy atom. The molecule has 27 nitrogen and oxygen atoms in total. The van der Waals surface area contributed by atoms with Gasteiger partial charge in [-0.1, -0.05) is 0 Å². The number of methoxy groups -OCH3 is 4. The number of anilines is 3. The van der Waals surface area contributed by atoms with Crippen LogP contribution in [0.3, 0.4) is 0 Å². The van der Waals surface area contributed by atoms with Crippen molar-refractivity contribution in [3.05, 3.63) is 111 Å². The number of ketones is 1. The molecule has 546 valence electrons. The highest BCUT2D eigenvalue weighted by Crippen LogP contribution is 2.39. The molecule has 0 bridgehead atoms. The highest BCUT2D eigenvalue weighted by atomic mass is 35.5. The number of urea groups is 1. The Morgan fingerprint density at radius 2 is 1.08 bits per heavy atom. The quantitative estimate of drug-likeness (QED) is 0.0193. The number of nitriles is 1. The van der Waals surface area contributed by atoms with Gasteiger partial charge in [0, 0.05) is 84.2 Å². The Labute approximate surface area is 583 Å². The number of nitrogen functional groups attached to an aromatic ring is 2. The van der Waals surface area contributed by atoms with Crippen molar-refractivity contribution in [3.63, 3.8) is 0 Å². The molecular weight excluding hydrogens is 1310 g/mol. The van der Waals surface area contributed by atoms with Crippen LogP contribution >= 0.6 is 12.4 Å². The van der Waals surface area contributed by atoms with E-state index in [-0.39, 0.29) is 67.3 Å². The number of nitrogens with one attached hydrogen (secondary N) is 3. The minimum Gasteiger partial charge on any atom is -0.444 e. The molecule has 3 aliphatic rings. The average Bonchev–Trinajstić information content (AvgIpc) is 1.63. The van der Waals surface area contributed by atoms with Crippen molar-refractivity contribution in [1.29, 1.82) is 5.26 Å². The van der Waals surface area contributed by atoms with Crippen LogP contribution in [0.1, 0.15) is 146 Å². The number of hydrogen-bond donors (Lipinski definition) is 5. The van der Waals surface area contributed by atoms with Crippen LogP contribution in [-0.2, 0) is 55.6 Å². The van der Waals surface area contributed by atoms with Gasteiger partial charge in [-0.3, -0.25) is 16.0 Å². The standard InChI is InChI=1S/C24H34FN5O5.C19H25FN4O2.C12H18N2O3.C8H11FN2.C5H9NO3.ClH/c1-14-12-16(8-9-17(14)25)30-21(27-22(31)26-13-19(33-6)34-7)20-15(2)29(11-10-18(20)28-30)23(32)35-24(3,4)5;1-11-10-13(6-7-14(11)20)24-17(21)16-12(2)23(9-8-15(16)22-24)18(25)26-19(3,4)5;1-8-9(7-13)10(15)5-6-14(8)11(16)17-12(2,3)4;1-5-3-7(11-10)4-6(2)8(5)9;1-8-5(9-2)3-6-4-7;/h8-9,12,15,19H,10-11,13H2,1-7H3,(H2,26,27,31);6-7,10,12H,8-9,21H2,1-5H3;8-9H,5-6H2,1-4H3;3-4,11H,10H2,1-2H3;5H,3H2,1-2H3;1H/t15-;12-;8-,9?;;;/m000.../s1. The van der Waals surface area contributed by atoms with Crippen LogP contribution in [0.25, 0.3) is 11.4 Å². The SMILES string of the molecule is COC(CN=C=O)OC.COC(CNC(=O)Nc1c2c(nn1-c1ccc(F)c(C)c1)CCN(C(=O)OC(C)(C)C)[C@H]2C)OC.C[C@H]1C(C#N)C(=O)CCN1C(=O)OC(C)(C)C.Cc1cc(-n2nc3c(c2N)[C@H](C)N(C(=O)OC(C)(C)C)CC3)ccc1F.Cc1cc(NN)cc(C)c1F.Cl. The zero-order valence-electron chi connectivity index (χ0n) is 60.3. The third kappa shape index (κ3) is 24.0. The lowest BCUT2D eigenvalue weighted by molar-refractivity contribution is -0.125. The highest BCUT2D eigenvalue weighted by molar-refractivity contribution is 5.90. The predicted octanol–water partition coefficient (Wildman–Crippen LogP) is 11.5. The van der Waals surface area contributed by atoms with Gasteiger partial charge in [0.25, 0.3) is 0 Å². The van der Waals surface area contributed by atoms with Crippen molar-refractivity contribution in [3.8, 4) is 17.4 Å². The summed E-state index contributed by atoms with van der Waals surface area (Å²) in [7, 11) is 5.91. The van der Waals surface area contributed by atoms with Crippen LogP contribution in [0.2, 0.25) is 0 Å². The van der Waals surface area contributed by atoms with Gasteiger partial charge in [0.05, 0.1) is 53.5 Å². The van der Waals surface area contributed by atoms with Gasteiger partial charge in [0.1, 0.15) is 58.4 Å². The molecule has 0 spiro atoms. The zero-order chi connectivity index (χ0) is 73.9. The van der Waals surface area contributed by atoms with E-state index in [4.69, 9.17) is 55.1 Å². The number of likely N-dealkylation sites (tertiary alicyclic amines) is 1. The Kier molecular flexibility index (Phi) is 31.9. The highest BCUT2D eigenvalue weighted by Gasteiger charge is 2.40. The molecule has 31 heteroatoms. The lowest BCUT2D eigenvalue weighted by atomic mass is 9.90. The summed E-state index contributed by atoms with van der Waals surface area (Å²) < 4.78 is 79.6. The lowest BCUT2D eigenvalue weighted by Crippen LogP contribution is -2.51. The lowest BCUT2D eigenvalue weighted by Gasteiger charge is -2.36. The second kappa shape index (κ2) is 37.4. The monoisotopic (exact) mass is 1410 g/mol. The number of benzene rings is 3. The van der Waals surface area contributed by atoms with Crippen molar-refractivity contribution >= 4 is 65.9 Å². The fourth-order valence-corrected chi connectivity index (χ4v) is 10.3. The van der Waals surface area contributed by atoms with Crippen LogP contribution in [0, 0.1) is 62.4 Å². The molecule has 5 aromatic rings. The first-order valence-corrected chi connectivity index (χ1v) is 31.7. The smallest absolute Gasteiger partial charge is 0.410 e. The van der Waals surface area contributed by atoms with E-state index in [1.165, 1.54) is 51.6 Å². The topological polar surface area (TPSA) is 337 Å². The van der Waals surface area contributed by atoms with Crippen LogP contribution < -0.4 is 27.6 Å². The summed E-state index contributed by atoms with van der Waals surface area (Å²) in [5.41, 5.74) is 14.4. The number of aryl methyl sites for hydroxylation is 4. The maximum atomic E-state index is 13.9. The van der Waals surface area contributed by atoms with Crippen molar-refractivity contribution in [2.45, 2.75) is 178 Å². The molecule has 7 N–H and O–H groups in total. The fraction of sp³-hybridized carbons (Fsp3) is 0.544. The Hall–Kier alpha value is -8.82. The molecule has 3 aliphatic heterocycles. The van der Waals surface area contributed by atoms with Gasteiger partial charge >= 0.3 is 24.3 Å². The van der Waals surface area contributed by atoms with Crippen molar-refractivity contribution in [2.24, 2.45) is 16.8 Å². The number of rotatable bonds is 12. The van der Waals surface area contributed by atoms with Gasteiger partial charge < -0.3 is 64.3 Å². The van der Waals surface area contributed by atoms with Crippen LogP contribution in [-0.4, -0.2) is 167 Å². The van der Waals surface area contributed by atoms with E-state index in [9.17, 15) is 41.9 Å². The Morgan fingerprint density at radius 3 is 1.51 bits per heavy atom. The zero-order valence-corrected chi connectivity index (χ0v) is 61.1. The number of carbonyl (C=O) groups excluding carboxylic acids is 6. The number of isocyanates is 1. The van der Waals surface area contributed by atoms with Crippen molar-refractivity contribution < 1.29 is 75.1 Å². The first-order valence-electron chi connectivity index (χ1n) is 31.7. The minimum absolute atomic E-state index is 0. The molecule has 3 aromatic carbocycles. The number of aliphatic imine (C=N–C) groups is 1. The van der Waals surface area contributed by atoms with E-state index >= 15 is 0 Å². The van der Waals surface area contributed by atoms with E-state index in [0.717, 1.165) is 22.6 Å². The Bertz CT molecular complexity index is 3640. The molecule has 5 heterocycles. The first-order chi connectivity index (χ1) is 45.8. The molecule has 2 aromatic heterocycles. The number of nitrogens with zero attached hydrogens (tertiary/aromatic N) is 9. The normalized spacial score (nSPS) is 16.3. The van der Waals surface area contributed by atoms with Crippen molar-refractivity contribution in [2.75, 3.05) is 77.6 Å².